The van der Waals surface area contributed by atoms with Gasteiger partial charge in [0.2, 0.25) is 5.91 Å². The van der Waals surface area contributed by atoms with Gasteiger partial charge < -0.3 is 5.32 Å². The average Bonchev–Trinajstić information content (AvgIpc) is 3.52. The van der Waals surface area contributed by atoms with Gasteiger partial charge in [0.1, 0.15) is 17.7 Å². The molecule has 2 aliphatic heterocycles. The molecule has 0 aliphatic carbocycles. The molecule has 0 spiro atoms. The van der Waals surface area contributed by atoms with Crippen LogP contribution in [-0.2, 0) is 16.1 Å². The lowest BCUT2D eigenvalue weighted by atomic mass is 10.1. The maximum atomic E-state index is 13.2. The van der Waals surface area contributed by atoms with Crippen LogP contribution in [0, 0.1) is 5.82 Å². The number of benzene rings is 2. The highest BCUT2D eigenvalue weighted by atomic mass is 32.2. The number of para-hydroxylation sites is 1. The van der Waals surface area contributed by atoms with Crippen molar-refractivity contribution in [3.8, 4) is 0 Å². The first-order chi connectivity index (χ1) is 17.5. The minimum absolute atomic E-state index is 0.0542. The topological polar surface area (TPSA) is 91.2 Å². The first-order valence-corrected chi connectivity index (χ1v) is 13.2. The van der Waals surface area contributed by atoms with Gasteiger partial charge in [0.05, 0.1) is 18.0 Å². The second kappa shape index (κ2) is 10.5. The number of fused-ring (bicyclic) bond motifs is 3. The lowest BCUT2D eigenvalue weighted by molar-refractivity contribution is -0.122. The number of rotatable bonds is 8. The second-order valence-electron chi connectivity index (χ2n) is 8.18. The van der Waals surface area contributed by atoms with Gasteiger partial charge in [-0.1, -0.05) is 30.0 Å². The van der Waals surface area contributed by atoms with Crippen LogP contribution in [0.15, 0.2) is 76.0 Å². The molecular weight excluding hydrogens is 499 g/mol. The van der Waals surface area contributed by atoms with Crippen LogP contribution < -0.4 is 5.32 Å². The lowest BCUT2D eigenvalue weighted by Crippen LogP contribution is -2.44. The zero-order chi connectivity index (χ0) is 25.1. The number of amides is 2. The van der Waals surface area contributed by atoms with Crippen LogP contribution in [0.2, 0.25) is 0 Å². The van der Waals surface area contributed by atoms with Gasteiger partial charge in [-0.3, -0.25) is 19.3 Å². The highest BCUT2D eigenvalue weighted by molar-refractivity contribution is 8.14. The fourth-order valence-electron chi connectivity index (χ4n) is 3.98. The van der Waals surface area contributed by atoms with E-state index in [1.807, 2.05) is 41.8 Å². The Morgan fingerprint density at radius 3 is 2.64 bits per heavy atom. The molecule has 0 bridgehead atoms. The molecule has 3 aromatic rings. The molecular formula is C26H21FN4O3S2. The zero-order valence-corrected chi connectivity index (χ0v) is 20.7. The number of halogens is 1. The first kappa shape index (κ1) is 24.1. The van der Waals surface area contributed by atoms with Gasteiger partial charge in [0.15, 0.2) is 11.0 Å². The standard InChI is InChI=1S/C26H21FN4O3S2/c27-17-9-7-16(8-10-17)22(32)15-36-26-29-20-6-2-1-5-19(20)24-30-25(34)21(31(24)26)11-12-23(33)28-14-18-4-3-13-35-18/h1-10,13,21H,11-12,14-15H2,(H,28,33). The molecule has 2 aromatic carbocycles. The molecule has 1 unspecified atom stereocenters. The predicted octanol–water partition coefficient (Wildman–Crippen LogP) is 4.56. The first-order valence-electron chi connectivity index (χ1n) is 11.3. The SMILES string of the molecule is O=C(CCC1C(=O)N=C2c3ccccc3N=C(SCC(=O)c3ccc(F)cc3)N21)NCc1cccs1. The monoisotopic (exact) mass is 520 g/mol. The van der Waals surface area contributed by atoms with Crippen LogP contribution >= 0.6 is 23.1 Å². The third-order valence-corrected chi connectivity index (χ3v) is 7.62. The number of ketones is 1. The van der Waals surface area contributed by atoms with Gasteiger partial charge in [-0.2, -0.15) is 4.99 Å². The number of nitrogens with one attached hydrogen (secondary N) is 1. The number of thiophene rings is 1. The summed E-state index contributed by atoms with van der Waals surface area (Å²) < 4.78 is 13.2. The summed E-state index contributed by atoms with van der Waals surface area (Å²) in [6, 6.07) is 15.9. The van der Waals surface area contributed by atoms with E-state index in [1.54, 1.807) is 16.2 Å². The van der Waals surface area contributed by atoms with Gasteiger partial charge in [-0.25, -0.2) is 9.38 Å². The van der Waals surface area contributed by atoms with Crippen molar-refractivity contribution in [3.63, 3.8) is 0 Å². The quantitative estimate of drug-likeness (QED) is 0.440. The largest absolute Gasteiger partial charge is 0.351 e. The van der Waals surface area contributed by atoms with Crippen LogP contribution in [0.5, 0.6) is 0 Å². The van der Waals surface area contributed by atoms with Crippen molar-refractivity contribution in [2.24, 2.45) is 9.98 Å². The van der Waals surface area contributed by atoms with E-state index in [9.17, 15) is 18.8 Å². The number of aliphatic imine (C=N–C) groups is 2. The molecule has 0 saturated carbocycles. The molecule has 10 heteroatoms. The Morgan fingerprint density at radius 1 is 1.06 bits per heavy atom. The van der Waals surface area contributed by atoms with Gasteiger partial charge in [0.25, 0.3) is 5.91 Å². The Morgan fingerprint density at radius 2 is 1.86 bits per heavy atom. The van der Waals surface area contributed by atoms with Crippen molar-refractivity contribution in [2.45, 2.75) is 25.4 Å². The molecule has 0 radical (unpaired) electrons. The summed E-state index contributed by atoms with van der Waals surface area (Å²) in [5, 5.41) is 5.30. The molecule has 5 rings (SSSR count). The van der Waals surface area contributed by atoms with Crippen molar-refractivity contribution in [2.75, 3.05) is 5.75 Å². The normalized spacial score (nSPS) is 16.2. The van der Waals surface area contributed by atoms with E-state index in [4.69, 9.17) is 4.99 Å². The third-order valence-electron chi connectivity index (χ3n) is 5.79. The molecule has 1 atom stereocenters. The van der Waals surface area contributed by atoms with Crippen LogP contribution in [0.4, 0.5) is 10.1 Å². The van der Waals surface area contributed by atoms with E-state index in [-0.39, 0.29) is 36.2 Å². The number of nitrogens with zero attached hydrogens (tertiary/aromatic N) is 3. The Labute approximate surface area is 215 Å². The summed E-state index contributed by atoms with van der Waals surface area (Å²) >= 11 is 2.76. The van der Waals surface area contributed by atoms with Crippen LogP contribution in [-0.4, -0.2) is 45.3 Å². The van der Waals surface area contributed by atoms with Crippen molar-refractivity contribution < 1.29 is 18.8 Å². The van der Waals surface area contributed by atoms with Crippen LogP contribution in [0.25, 0.3) is 0 Å². The molecule has 0 saturated heterocycles. The number of carbonyl (C=O) groups excluding carboxylic acids is 3. The highest BCUT2D eigenvalue weighted by Gasteiger charge is 2.41. The summed E-state index contributed by atoms with van der Waals surface area (Å²) in [7, 11) is 0. The second-order valence-corrected chi connectivity index (χ2v) is 10.2. The van der Waals surface area contributed by atoms with Crippen LogP contribution in [0.1, 0.15) is 33.6 Å². The maximum absolute atomic E-state index is 13.2. The molecule has 36 heavy (non-hydrogen) atoms. The Bertz CT molecular complexity index is 1370. The lowest BCUT2D eigenvalue weighted by Gasteiger charge is -2.31. The van der Waals surface area contributed by atoms with E-state index in [0.717, 1.165) is 10.4 Å². The Balaban J connectivity index is 1.31. The van der Waals surface area contributed by atoms with Crippen molar-refractivity contribution >= 4 is 57.4 Å². The highest BCUT2D eigenvalue weighted by Crippen LogP contribution is 2.35. The summed E-state index contributed by atoms with van der Waals surface area (Å²) in [6.45, 7) is 0.446. The summed E-state index contributed by atoms with van der Waals surface area (Å²) in [6.07, 6.45) is 0.408. The number of hydrogen-bond acceptors (Lipinski definition) is 7. The van der Waals surface area contributed by atoms with Gasteiger partial charge in [0, 0.05) is 22.4 Å². The molecule has 2 amide bonds. The number of carbonyl (C=O) groups is 3. The zero-order valence-electron chi connectivity index (χ0n) is 19.0. The third kappa shape index (κ3) is 5.14. The van der Waals surface area contributed by atoms with E-state index < -0.39 is 11.9 Å². The molecule has 7 nitrogen and oxygen atoms in total. The number of thioether (sulfide) groups is 1. The van der Waals surface area contributed by atoms with Gasteiger partial charge >= 0.3 is 0 Å². The smallest absolute Gasteiger partial charge is 0.270 e. The molecule has 1 aromatic heterocycles. The minimum Gasteiger partial charge on any atom is -0.351 e. The Kier molecular flexibility index (Phi) is 7.06. The molecule has 1 N–H and O–H groups in total. The molecule has 3 heterocycles. The van der Waals surface area contributed by atoms with Crippen molar-refractivity contribution in [1.29, 1.82) is 0 Å². The number of Topliss-reactive ketones (excluding diaryl/α,β-unsaturated/α-hetero) is 1. The van der Waals surface area contributed by atoms with E-state index >= 15 is 0 Å². The van der Waals surface area contributed by atoms with Crippen molar-refractivity contribution in [1.82, 2.24) is 10.2 Å². The van der Waals surface area contributed by atoms with E-state index in [0.29, 0.717) is 28.8 Å². The number of hydrogen-bond donors (Lipinski definition) is 1. The number of amidine groups is 2. The predicted molar refractivity (Wildman–Crippen MR) is 139 cm³/mol. The van der Waals surface area contributed by atoms with E-state index in [2.05, 4.69) is 10.3 Å². The van der Waals surface area contributed by atoms with Gasteiger partial charge in [-0.05, 0) is 54.3 Å². The average molecular weight is 521 g/mol. The maximum Gasteiger partial charge on any atom is 0.270 e. The fraction of sp³-hybridized carbons (Fsp3) is 0.192. The summed E-state index contributed by atoms with van der Waals surface area (Å²) in [5.74, 6) is -0.559. The fourth-order valence-corrected chi connectivity index (χ4v) is 5.57. The molecule has 0 fully saturated rings. The van der Waals surface area contributed by atoms with Crippen molar-refractivity contribution in [3.05, 3.63) is 87.9 Å². The van der Waals surface area contributed by atoms with Gasteiger partial charge in [-0.15, -0.1) is 11.3 Å². The minimum atomic E-state index is -0.687. The summed E-state index contributed by atoms with van der Waals surface area (Å²) in [5.41, 5.74) is 1.78. The summed E-state index contributed by atoms with van der Waals surface area (Å²) in [4.78, 5) is 49.9. The van der Waals surface area contributed by atoms with E-state index in [1.165, 1.54) is 36.0 Å². The molecule has 182 valence electrons. The van der Waals surface area contributed by atoms with Crippen LogP contribution in [0.3, 0.4) is 0 Å². The molecule has 2 aliphatic rings. The Hall–Kier alpha value is -3.63.